The zero-order valence-electron chi connectivity index (χ0n) is 19.0. The normalized spacial score (nSPS) is 19.8. The zero-order chi connectivity index (χ0) is 22.9. The molecule has 33 heavy (non-hydrogen) atoms. The lowest BCUT2D eigenvalue weighted by atomic mass is 9.95. The number of hydrogen-bond donors (Lipinski definition) is 1. The lowest BCUT2D eigenvalue weighted by Crippen LogP contribution is -2.56. The van der Waals surface area contributed by atoms with Crippen LogP contribution in [-0.2, 0) is 9.59 Å². The van der Waals surface area contributed by atoms with E-state index in [1.54, 1.807) is 11.0 Å². The van der Waals surface area contributed by atoms with Gasteiger partial charge in [-0.3, -0.25) is 19.3 Å². The maximum Gasteiger partial charge on any atom is 0.253 e. The van der Waals surface area contributed by atoms with Gasteiger partial charge in [0.1, 0.15) is 12.6 Å². The fourth-order valence-corrected chi connectivity index (χ4v) is 5.20. The molecule has 0 unspecified atom stereocenters. The Bertz CT molecular complexity index is 1090. The summed E-state index contributed by atoms with van der Waals surface area (Å²) in [4.78, 5) is 45.1. The molecule has 2 fully saturated rings. The van der Waals surface area contributed by atoms with E-state index < -0.39 is 0 Å². The number of nitrogens with zero attached hydrogens (tertiary/aromatic N) is 3. The molecule has 3 heterocycles. The molecule has 1 atom stereocenters. The van der Waals surface area contributed by atoms with E-state index in [0.29, 0.717) is 11.3 Å². The molecule has 172 valence electrons. The number of amides is 3. The van der Waals surface area contributed by atoms with Gasteiger partial charge in [-0.2, -0.15) is 0 Å². The van der Waals surface area contributed by atoms with Gasteiger partial charge in [0, 0.05) is 30.9 Å². The first-order valence-corrected chi connectivity index (χ1v) is 11.9. The van der Waals surface area contributed by atoms with Gasteiger partial charge in [-0.25, -0.2) is 0 Å². The van der Waals surface area contributed by atoms with Crippen LogP contribution in [0.5, 0.6) is 0 Å². The van der Waals surface area contributed by atoms with E-state index in [9.17, 15) is 14.4 Å². The van der Waals surface area contributed by atoms with E-state index in [2.05, 4.69) is 10.2 Å². The Hall–Kier alpha value is -3.35. The highest BCUT2D eigenvalue weighted by atomic mass is 16.2. The third-order valence-corrected chi connectivity index (χ3v) is 6.99. The quantitative estimate of drug-likeness (QED) is 0.779. The molecule has 7 nitrogen and oxygen atoms in total. The van der Waals surface area contributed by atoms with Crippen molar-refractivity contribution in [2.24, 2.45) is 0 Å². The van der Waals surface area contributed by atoms with Crippen LogP contribution in [0.2, 0.25) is 0 Å². The molecular weight excluding hydrogens is 416 g/mol. The highest BCUT2D eigenvalue weighted by Gasteiger charge is 2.40. The van der Waals surface area contributed by atoms with Crippen LogP contribution in [0, 0.1) is 6.92 Å². The molecule has 2 aromatic carbocycles. The Balaban J connectivity index is 1.46. The van der Waals surface area contributed by atoms with Gasteiger partial charge in [0.15, 0.2) is 0 Å². The first-order valence-electron chi connectivity index (χ1n) is 11.9. The Kier molecular flexibility index (Phi) is 5.79. The van der Waals surface area contributed by atoms with Crippen LogP contribution in [0.25, 0.3) is 0 Å². The molecule has 5 rings (SSSR count). The van der Waals surface area contributed by atoms with Gasteiger partial charge in [0.05, 0.1) is 11.4 Å². The van der Waals surface area contributed by atoms with Crippen LogP contribution in [0.4, 0.5) is 17.1 Å². The molecule has 2 aromatic rings. The molecule has 0 aliphatic carbocycles. The minimum absolute atomic E-state index is 0.00664. The van der Waals surface area contributed by atoms with Crippen molar-refractivity contribution in [3.8, 4) is 0 Å². The van der Waals surface area contributed by atoms with Crippen molar-refractivity contribution in [3.63, 3.8) is 0 Å². The van der Waals surface area contributed by atoms with E-state index in [4.69, 9.17) is 0 Å². The average Bonchev–Trinajstić information content (AvgIpc) is 3.37. The van der Waals surface area contributed by atoms with Crippen molar-refractivity contribution in [1.29, 1.82) is 0 Å². The summed E-state index contributed by atoms with van der Waals surface area (Å²) < 4.78 is 0. The molecular formula is C26H30N4O3. The van der Waals surface area contributed by atoms with Crippen LogP contribution in [0.1, 0.15) is 48.0 Å². The number of benzene rings is 2. The van der Waals surface area contributed by atoms with E-state index in [-0.39, 0.29) is 30.3 Å². The molecule has 2 saturated heterocycles. The van der Waals surface area contributed by atoms with Crippen LogP contribution in [-0.4, -0.2) is 54.8 Å². The van der Waals surface area contributed by atoms with Crippen molar-refractivity contribution < 1.29 is 14.4 Å². The number of carbonyl (C=O) groups excluding carboxylic acids is 3. The third kappa shape index (κ3) is 4.08. The molecule has 3 amide bonds. The number of likely N-dealkylation sites (tertiary alicyclic amines) is 1. The molecule has 0 radical (unpaired) electrons. The summed E-state index contributed by atoms with van der Waals surface area (Å²) in [5.74, 6) is -0.315. The number of piperidine rings is 1. The minimum atomic E-state index is -0.252. The number of aryl methyl sites for hydroxylation is 1. The second-order valence-corrected chi connectivity index (χ2v) is 9.20. The number of hydrogen-bond acceptors (Lipinski definition) is 4. The lowest BCUT2D eigenvalue weighted by molar-refractivity contribution is -0.123. The van der Waals surface area contributed by atoms with E-state index in [1.807, 2.05) is 48.2 Å². The molecule has 3 aliphatic rings. The minimum Gasteiger partial charge on any atom is -0.358 e. The summed E-state index contributed by atoms with van der Waals surface area (Å²) in [6, 6.07) is 13.0. The standard InChI is InChI=1S/C26H30N4O3/c1-18-8-2-3-9-20(18)27-24(31)17-30-23-16-19(25(32)28-13-6-7-14-28)11-12-21(23)29-15-5-4-10-22(29)26(30)33/h2-3,8-9,11-12,16,22H,4-7,10,13-15,17H2,1H3,(H,27,31)/t22-/m1/s1. The predicted molar refractivity (Wildman–Crippen MR) is 129 cm³/mol. The fraction of sp³-hybridized carbons (Fsp3) is 0.423. The smallest absolute Gasteiger partial charge is 0.253 e. The van der Waals surface area contributed by atoms with Crippen LogP contribution in [0.15, 0.2) is 42.5 Å². The molecule has 0 bridgehead atoms. The SMILES string of the molecule is Cc1ccccc1NC(=O)CN1C(=O)[C@H]2CCCCN2c2ccc(C(=O)N3CCCC3)cc21. The Morgan fingerprint density at radius 3 is 2.52 bits per heavy atom. The summed E-state index contributed by atoms with van der Waals surface area (Å²) in [6.07, 6.45) is 4.86. The number of anilines is 3. The van der Waals surface area contributed by atoms with Gasteiger partial charge in [-0.15, -0.1) is 0 Å². The Labute approximate surface area is 194 Å². The maximum absolute atomic E-state index is 13.5. The van der Waals surface area contributed by atoms with Crippen molar-refractivity contribution in [3.05, 3.63) is 53.6 Å². The van der Waals surface area contributed by atoms with E-state index in [0.717, 1.165) is 68.7 Å². The van der Waals surface area contributed by atoms with E-state index in [1.165, 1.54) is 0 Å². The van der Waals surface area contributed by atoms with Crippen LogP contribution < -0.4 is 15.1 Å². The first kappa shape index (κ1) is 21.5. The Morgan fingerprint density at radius 1 is 0.970 bits per heavy atom. The highest BCUT2D eigenvalue weighted by molar-refractivity contribution is 6.11. The summed E-state index contributed by atoms with van der Waals surface area (Å²) >= 11 is 0. The average molecular weight is 447 g/mol. The van der Waals surface area contributed by atoms with Gasteiger partial charge in [-0.05, 0) is 68.9 Å². The van der Waals surface area contributed by atoms with Gasteiger partial charge >= 0.3 is 0 Å². The number of para-hydroxylation sites is 1. The number of carbonyl (C=O) groups is 3. The molecule has 1 N–H and O–H groups in total. The van der Waals surface area contributed by atoms with Gasteiger partial charge in [0.2, 0.25) is 11.8 Å². The van der Waals surface area contributed by atoms with Crippen molar-refractivity contribution in [2.45, 2.75) is 45.1 Å². The molecule has 7 heteroatoms. The maximum atomic E-state index is 13.5. The predicted octanol–water partition coefficient (Wildman–Crippen LogP) is 3.58. The summed E-state index contributed by atoms with van der Waals surface area (Å²) in [5, 5.41) is 2.94. The van der Waals surface area contributed by atoms with Crippen molar-refractivity contribution in [1.82, 2.24) is 4.90 Å². The number of rotatable bonds is 4. The van der Waals surface area contributed by atoms with Gasteiger partial charge < -0.3 is 15.1 Å². The van der Waals surface area contributed by atoms with Crippen LogP contribution >= 0.6 is 0 Å². The third-order valence-electron chi connectivity index (χ3n) is 6.99. The zero-order valence-corrected chi connectivity index (χ0v) is 19.0. The summed E-state index contributed by atoms with van der Waals surface area (Å²) in [6.45, 7) is 4.21. The summed E-state index contributed by atoms with van der Waals surface area (Å²) in [5.41, 5.74) is 3.87. The van der Waals surface area contributed by atoms with Crippen molar-refractivity contribution >= 4 is 34.8 Å². The Morgan fingerprint density at radius 2 is 1.73 bits per heavy atom. The number of fused-ring (bicyclic) bond motifs is 3. The van der Waals surface area contributed by atoms with E-state index >= 15 is 0 Å². The van der Waals surface area contributed by atoms with Gasteiger partial charge in [-0.1, -0.05) is 18.2 Å². The second-order valence-electron chi connectivity index (χ2n) is 9.20. The first-order chi connectivity index (χ1) is 16.0. The monoisotopic (exact) mass is 446 g/mol. The molecule has 3 aliphatic heterocycles. The lowest BCUT2D eigenvalue weighted by Gasteiger charge is -2.45. The highest BCUT2D eigenvalue weighted by Crippen LogP contribution is 2.40. The topological polar surface area (TPSA) is 73.0 Å². The fourth-order valence-electron chi connectivity index (χ4n) is 5.20. The van der Waals surface area contributed by atoms with Crippen LogP contribution in [0.3, 0.4) is 0 Å². The number of nitrogens with one attached hydrogen (secondary N) is 1. The largest absolute Gasteiger partial charge is 0.358 e. The molecule has 0 saturated carbocycles. The molecule has 0 aromatic heterocycles. The van der Waals surface area contributed by atoms with Gasteiger partial charge in [0.25, 0.3) is 5.91 Å². The second kappa shape index (κ2) is 8.89. The summed E-state index contributed by atoms with van der Waals surface area (Å²) in [7, 11) is 0. The molecule has 0 spiro atoms. The van der Waals surface area contributed by atoms with Crippen molar-refractivity contribution in [2.75, 3.05) is 41.3 Å².